The van der Waals surface area contributed by atoms with Crippen LogP contribution in [0.4, 0.5) is 0 Å². The summed E-state index contributed by atoms with van der Waals surface area (Å²) >= 11 is 0. The fourth-order valence-corrected chi connectivity index (χ4v) is 1.84. The average Bonchev–Trinajstić information content (AvgIpc) is 2.46. The quantitative estimate of drug-likeness (QED) is 0.691. The number of aryl methyl sites for hydroxylation is 1. The third kappa shape index (κ3) is 1.46. The molecule has 1 aliphatic rings. The first-order valence-corrected chi connectivity index (χ1v) is 4.87. The van der Waals surface area contributed by atoms with Crippen molar-refractivity contribution in [2.75, 3.05) is 0 Å². The number of hydrogen-bond acceptors (Lipinski definition) is 3. The maximum atomic E-state index is 5.91. The molecule has 1 aromatic heterocycles. The molecule has 1 aliphatic carbocycles. The summed E-state index contributed by atoms with van der Waals surface area (Å²) in [6.45, 7) is 4.24. The number of hydrogen-bond donors (Lipinski definition) is 1. The molecular weight excluding hydrogens is 164 g/mol. The first-order valence-electron chi connectivity index (χ1n) is 4.87. The highest BCUT2D eigenvalue weighted by Gasteiger charge is 2.22. The Morgan fingerprint density at radius 1 is 1.54 bits per heavy atom. The summed E-state index contributed by atoms with van der Waals surface area (Å²) < 4.78 is 1.99. The molecule has 0 amide bonds. The normalized spacial score (nSPS) is 22.0. The number of nitrogens with two attached hydrogens (primary N) is 1. The van der Waals surface area contributed by atoms with Crippen LogP contribution in [0.2, 0.25) is 0 Å². The Bertz CT molecular complexity index is 303. The van der Waals surface area contributed by atoms with Crippen LogP contribution in [0.5, 0.6) is 0 Å². The van der Waals surface area contributed by atoms with Crippen LogP contribution in [-0.2, 0) is 12.8 Å². The van der Waals surface area contributed by atoms with Crippen LogP contribution in [0.1, 0.15) is 37.7 Å². The van der Waals surface area contributed by atoms with Crippen LogP contribution >= 0.6 is 0 Å². The van der Waals surface area contributed by atoms with Gasteiger partial charge in [-0.2, -0.15) is 0 Å². The van der Waals surface area contributed by atoms with Gasteiger partial charge in [0.2, 0.25) is 0 Å². The van der Waals surface area contributed by atoms with Crippen LogP contribution in [0, 0.1) is 0 Å². The molecule has 2 N–H and O–H groups in total. The van der Waals surface area contributed by atoms with Crippen molar-refractivity contribution in [1.82, 2.24) is 15.0 Å². The van der Waals surface area contributed by atoms with E-state index in [9.17, 15) is 0 Å². The maximum Gasteiger partial charge on any atom is 0.0860 e. The van der Waals surface area contributed by atoms with E-state index in [1.807, 2.05) is 4.68 Å². The molecule has 0 aromatic carbocycles. The van der Waals surface area contributed by atoms with Gasteiger partial charge in [-0.05, 0) is 26.7 Å². The minimum Gasteiger partial charge on any atom is -0.327 e. The lowest BCUT2D eigenvalue weighted by Gasteiger charge is -2.19. The summed E-state index contributed by atoms with van der Waals surface area (Å²) in [4.78, 5) is 0. The molecule has 72 valence electrons. The summed E-state index contributed by atoms with van der Waals surface area (Å²) in [5.74, 6) is 0. The Labute approximate surface area is 78.1 Å². The number of fused-ring (bicyclic) bond motifs is 1. The molecule has 0 aliphatic heterocycles. The molecule has 4 nitrogen and oxygen atoms in total. The van der Waals surface area contributed by atoms with Crippen LogP contribution in [0.3, 0.4) is 0 Å². The van der Waals surface area contributed by atoms with Crippen molar-refractivity contribution in [3.63, 3.8) is 0 Å². The second kappa shape index (κ2) is 3.10. The molecule has 0 saturated heterocycles. The van der Waals surface area contributed by atoms with Gasteiger partial charge in [-0.15, -0.1) is 5.10 Å². The highest BCUT2D eigenvalue weighted by Crippen LogP contribution is 2.20. The van der Waals surface area contributed by atoms with Crippen LogP contribution in [0.25, 0.3) is 0 Å². The standard InChI is InChI=1S/C9H16N4/c1-6(2)13-9-5-7(10)3-4-8(9)11-12-13/h6-7H,3-5,10H2,1-2H3. The lowest BCUT2D eigenvalue weighted by molar-refractivity contribution is 0.471. The number of rotatable bonds is 1. The molecule has 0 spiro atoms. The van der Waals surface area contributed by atoms with E-state index in [1.165, 1.54) is 5.69 Å². The molecule has 0 saturated carbocycles. The van der Waals surface area contributed by atoms with E-state index in [1.54, 1.807) is 0 Å². The lowest BCUT2D eigenvalue weighted by atomic mass is 9.96. The molecule has 0 fully saturated rings. The van der Waals surface area contributed by atoms with Gasteiger partial charge in [0.1, 0.15) is 0 Å². The van der Waals surface area contributed by atoms with Crippen molar-refractivity contribution in [2.24, 2.45) is 5.73 Å². The van der Waals surface area contributed by atoms with Crippen LogP contribution in [-0.4, -0.2) is 21.0 Å². The zero-order valence-corrected chi connectivity index (χ0v) is 8.20. The van der Waals surface area contributed by atoms with Gasteiger partial charge in [0, 0.05) is 18.5 Å². The lowest BCUT2D eigenvalue weighted by Crippen LogP contribution is -2.29. The van der Waals surface area contributed by atoms with E-state index >= 15 is 0 Å². The molecule has 1 aromatic rings. The molecule has 13 heavy (non-hydrogen) atoms. The zero-order valence-electron chi connectivity index (χ0n) is 8.20. The van der Waals surface area contributed by atoms with E-state index in [0.29, 0.717) is 12.1 Å². The largest absolute Gasteiger partial charge is 0.327 e. The molecule has 1 unspecified atom stereocenters. The van der Waals surface area contributed by atoms with Crippen molar-refractivity contribution < 1.29 is 0 Å². The first-order chi connectivity index (χ1) is 6.18. The van der Waals surface area contributed by atoms with Crippen molar-refractivity contribution >= 4 is 0 Å². The molecule has 1 heterocycles. The molecule has 0 radical (unpaired) electrons. The minimum atomic E-state index is 0.295. The summed E-state index contributed by atoms with van der Waals surface area (Å²) in [5, 5.41) is 8.31. The van der Waals surface area contributed by atoms with E-state index in [2.05, 4.69) is 24.2 Å². The van der Waals surface area contributed by atoms with E-state index in [-0.39, 0.29) is 0 Å². The maximum absolute atomic E-state index is 5.91. The highest BCUT2D eigenvalue weighted by atomic mass is 15.4. The number of nitrogens with zero attached hydrogens (tertiary/aromatic N) is 3. The predicted octanol–water partition coefficient (Wildman–Crippen LogP) is 0.675. The second-order valence-electron chi connectivity index (χ2n) is 4.02. The van der Waals surface area contributed by atoms with Crippen molar-refractivity contribution in [2.45, 2.75) is 45.2 Å². The Hall–Kier alpha value is -0.900. The van der Waals surface area contributed by atoms with Crippen molar-refractivity contribution in [3.05, 3.63) is 11.4 Å². The summed E-state index contributed by atoms with van der Waals surface area (Å²) in [6, 6.07) is 0.685. The third-order valence-corrected chi connectivity index (χ3v) is 2.57. The Morgan fingerprint density at radius 2 is 2.31 bits per heavy atom. The van der Waals surface area contributed by atoms with Crippen molar-refractivity contribution in [1.29, 1.82) is 0 Å². The summed E-state index contributed by atoms with van der Waals surface area (Å²) in [7, 11) is 0. The molecule has 1 atom stereocenters. The second-order valence-corrected chi connectivity index (χ2v) is 4.02. The average molecular weight is 180 g/mol. The predicted molar refractivity (Wildman–Crippen MR) is 50.4 cm³/mol. The van der Waals surface area contributed by atoms with E-state index in [0.717, 1.165) is 25.0 Å². The third-order valence-electron chi connectivity index (χ3n) is 2.57. The van der Waals surface area contributed by atoms with Gasteiger partial charge in [0.25, 0.3) is 0 Å². The minimum absolute atomic E-state index is 0.295. The highest BCUT2D eigenvalue weighted by molar-refractivity contribution is 5.16. The fourth-order valence-electron chi connectivity index (χ4n) is 1.84. The zero-order chi connectivity index (χ0) is 9.42. The topological polar surface area (TPSA) is 56.7 Å². The van der Waals surface area contributed by atoms with Gasteiger partial charge < -0.3 is 5.73 Å². The summed E-state index contributed by atoms with van der Waals surface area (Å²) in [6.07, 6.45) is 2.97. The number of aromatic nitrogens is 3. The van der Waals surface area contributed by atoms with Gasteiger partial charge in [0.15, 0.2) is 0 Å². The van der Waals surface area contributed by atoms with E-state index < -0.39 is 0 Å². The first kappa shape index (κ1) is 8.69. The molecule has 2 rings (SSSR count). The van der Waals surface area contributed by atoms with Gasteiger partial charge in [0.05, 0.1) is 11.4 Å². The van der Waals surface area contributed by atoms with Gasteiger partial charge in [-0.25, -0.2) is 4.68 Å². The smallest absolute Gasteiger partial charge is 0.0860 e. The van der Waals surface area contributed by atoms with Gasteiger partial charge >= 0.3 is 0 Å². The molecular formula is C9H16N4. The Kier molecular flexibility index (Phi) is 2.07. The van der Waals surface area contributed by atoms with Crippen LogP contribution < -0.4 is 5.73 Å². The summed E-state index contributed by atoms with van der Waals surface area (Å²) in [5.41, 5.74) is 8.30. The SMILES string of the molecule is CC(C)n1nnc2c1CC(N)CC2. The Morgan fingerprint density at radius 3 is 3.00 bits per heavy atom. The van der Waals surface area contributed by atoms with Crippen molar-refractivity contribution in [3.8, 4) is 0 Å². The molecule has 4 heteroatoms. The van der Waals surface area contributed by atoms with Gasteiger partial charge in [-0.3, -0.25) is 0 Å². The Balaban J connectivity index is 2.35. The molecule has 0 bridgehead atoms. The van der Waals surface area contributed by atoms with Gasteiger partial charge in [-0.1, -0.05) is 5.21 Å². The van der Waals surface area contributed by atoms with Crippen LogP contribution in [0.15, 0.2) is 0 Å². The van der Waals surface area contributed by atoms with E-state index in [4.69, 9.17) is 5.73 Å². The monoisotopic (exact) mass is 180 g/mol. The fraction of sp³-hybridized carbons (Fsp3) is 0.778.